The summed E-state index contributed by atoms with van der Waals surface area (Å²) < 4.78 is 0.319. The fourth-order valence-electron chi connectivity index (χ4n) is 1.42. The molecule has 0 bridgehead atoms. The number of hydrogen-bond acceptors (Lipinski definition) is 4. The van der Waals surface area contributed by atoms with Crippen molar-refractivity contribution in [1.29, 1.82) is 0 Å². The number of benzene rings is 1. The number of aryl methyl sites for hydroxylation is 1. The van der Waals surface area contributed by atoms with Crippen LogP contribution in [0.25, 0.3) is 10.4 Å². The van der Waals surface area contributed by atoms with Crippen molar-refractivity contribution in [2.24, 2.45) is 5.84 Å². The van der Waals surface area contributed by atoms with E-state index < -0.39 is 5.91 Å². The Labute approximate surface area is 107 Å². The SMILES string of the molecule is Cc1ccc(-c2sc(Cl)nc2C(=O)NN)cc1. The van der Waals surface area contributed by atoms with Crippen LogP contribution in [-0.2, 0) is 0 Å². The van der Waals surface area contributed by atoms with Crippen molar-refractivity contribution in [3.05, 3.63) is 40.0 Å². The van der Waals surface area contributed by atoms with E-state index in [-0.39, 0.29) is 5.69 Å². The lowest BCUT2D eigenvalue weighted by atomic mass is 10.1. The smallest absolute Gasteiger partial charge is 0.285 e. The molecule has 1 aromatic heterocycles. The second-order valence-electron chi connectivity index (χ2n) is 3.48. The monoisotopic (exact) mass is 267 g/mol. The number of nitrogens with one attached hydrogen (secondary N) is 1. The molecule has 0 saturated carbocycles. The van der Waals surface area contributed by atoms with Gasteiger partial charge in [-0.05, 0) is 12.5 Å². The molecule has 0 saturated heterocycles. The number of carbonyl (C=O) groups excluding carboxylic acids is 1. The van der Waals surface area contributed by atoms with E-state index in [2.05, 4.69) is 10.4 Å². The summed E-state index contributed by atoms with van der Waals surface area (Å²) in [7, 11) is 0. The average molecular weight is 268 g/mol. The molecular formula is C11H10ClN3OS. The molecule has 1 amide bonds. The van der Waals surface area contributed by atoms with E-state index >= 15 is 0 Å². The number of hydrogen-bond donors (Lipinski definition) is 2. The third kappa shape index (κ3) is 2.46. The summed E-state index contributed by atoms with van der Waals surface area (Å²) in [6, 6.07) is 7.78. The van der Waals surface area contributed by atoms with Crippen molar-refractivity contribution >= 4 is 28.8 Å². The number of aromatic nitrogens is 1. The number of rotatable bonds is 2. The Morgan fingerprint density at radius 1 is 1.41 bits per heavy atom. The largest absolute Gasteiger partial charge is 0.289 e. The Morgan fingerprint density at radius 2 is 2.06 bits per heavy atom. The highest BCUT2D eigenvalue weighted by atomic mass is 35.5. The Morgan fingerprint density at radius 3 is 2.65 bits per heavy atom. The summed E-state index contributed by atoms with van der Waals surface area (Å²) in [5.41, 5.74) is 4.37. The molecule has 0 atom stereocenters. The standard InChI is InChI=1S/C11H10ClN3OS/c1-6-2-4-7(5-3-6)9-8(10(16)15-13)14-11(12)17-9/h2-5H,13H2,1H3,(H,15,16). The lowest BCUT2D eigenvalue weighted by Crippen LogP contribution is -2.30. The minimum Gasteiger partial charge on any atom is -0.289 e. The van der Waals surface area contributed by atoms with Gasteiger partial charge >= 0.3 is 0 Å². The lowest BCUT2D eigenvalue weighted by Gasteiger charge is -2.01. The van der Waals surface area contributed by atoms with Gasteiger partial charge in [0.1, 0.15) is 5.69 Å². The van der Waals surface area contributed by atoms with E-state index in [0.29, 0.717) is 4.47 Å². The fraction of sp³-hybridized carbons (Fsp3) is 0.0909. The lowest BCUT2D eigenvalue weighted by molar-refractivity contribution is 0.0950. The number of halogens is 1. The number of amides is 1. The van der Waals surface area contributed by atoms with Gasteiger partial charge in [0.2, 0.25) is 0 Å². The van der Waals surface area contributed by atoms with Crippen molar-refractivity contribution in [3.63, 3.8) is 0 Å². The Bertz CT molecular complexity index is 550. The average Bonchev–Trinajstić information content (AvgIpc) is 2.71. The maximum absolute atomic E-state index is 11.5. The van der Waals surface area contributed by atoms with Gasteiger partial charge in [0, 0.05) is 0 Å². The molecule has 2 aromatic rings. The van der Waals surface area contributed by atoms with Crippen LogP contribution < -0.4 is 11.3 Å². The minimum atomic E-state index is -0.441. The molecular weight excluding hydrogens is 258 g/mol. The number of thiazole rings is 1. The van der Waals surface area contributed by atoms with E-state index in [1.165, 1.54) is 11.3 Å². The molecule has 0 fully saturated rings. The zero-order valence-corrected chi connectivity index (χ0v) is 10.6. The molecule has 6 heteroatoms. The number of hydrazine groups is 1. The van der Waals surface area contributed by atoms with Crippen molar-refractivity contribution < 1.29 is 4.79 Å². The zero-order valence-electron chi connectivity index (χ0n) is 9.03. The first-order valence-corrected chi connectivity index (χ1v) is 6.05. The van der Waals surface area contributed by atoms with Crippen molar-refractivity contribution in [2.45, 2.75) is 6.92 Å². The first-order chi connectivity index (χ1) is 8.11. The number of carbonyl (C=O) groups is 1. The van der Waals surface area contributed by atoms with Crippen LogP contribution in [-0.4, -0.2) is 10.9 Å². The summed E-state index contributed by atoms with van der Waals surface area (Å²) in [4.78, 5) is 16.2. The van der Waals surface area contributed by atoms with Crippen LogP contribution in [0.5, 0.6) is 0 Å². The molecule has 0 aliphatic rings. The van der Waals surface area contributed by atoms with Gasteiger partial charge in [-0.15, -0.1) is 11.3 Å². The molecule has 0 unspecified atom stereocenters. The van der Waals surface area contributed by atoms with E-state index in [9.17, 15) is 4.79 Å². The zero-order chi connectivity index (χ0) is 12.4. The van der Waals surface area contributed by atoms with Crippen molar-refractivity contribution in [1.82, 2.24) is 10.4 Å². The molecule has 2 rings (SSSR count). The molecule has 0 spiro atoms. The summed E-state index contributed by atoms with van der Waals surface area (Å²) in [5.74, 6) is 4.67. The summed E-state index contributed by atoms with van der Waals surface area (Å²) in [6.07, 6.45) is 0. The van der Waals surface area contributed by atoms with Gasteiger partial charge in [-0.2, -0.15) is 0 Å². The second kappa shape index (κ2) is 4.83. The van der Waals surface area contributed by atoms with Crippen molar-refractivity contribution in [2.75, 3.05) is 0 Å². The minimum absolute atomic E-state index is 0.256. The first kappa shape index (κ1) is 12.0. The highest BCUT2D eigenvalue weighted by molar-refractivity contribution is 7.19. The summed E-state index contributed by atoms with van der Waals surface area (Å²) in [6.45, 7) is 2.00. The van der Waals surface area contributed by atoms with Crippen LogP contribution in [0.15, 0.2) is 24.3 Å². The van der Waals surface area contributed by atoms with E-state index in [1.807, 2.05) is 31.2 Å². The van der Waals surface area contributed by atoms with Crippen LogP contribution in [0.3, 0.4) is 0 Å². The Balaban J connectivity index is 2.51. The number of nitrogen functional groups attached to an aromatic ring is 1. The molecule has 3 N–H and O–H groups in total. The Kier molecular flexibility index (Phi) is 3.42. The molecule has 1 aromatic carbocycles. The molecule has 0 aliphatic carbocycles. The normalized spacial score (nSPS) is 10.3. The van der Waals surface area contributed by atoms with Crippen LogP contribution in [0.4, 0.5) is 0 Å². The molecule has 4 nitrogen and oxygen atoms in total. The number of nitrogens with zero attached hydrogens (tertiary/aromatic N) is 1. The fourth-order valence-corrected chi connectivity index (χ4v) is 2.53. The van der Waals surface area contributed by atoms with Gasteiger partial charge in [-0.25, -0.2) is 10.8 Å². The highest BCUT2D eigenvalue weighted by Crippen LogP contribution is 2.32. The van der Waals surface area contributed by atoms with Crippen LogP contribution in [0, 0.1) is 6.92 Å². The van der Waals surface area contributed by atoms with Gasteiger partial charge in [-0.1, -0.05) is 41.4 Å². The second-order valence-corrected chi connectivity index (χ2v) is 5.07. The topological polar surface area (TPSA) is 68.0 Å². The van der Waals surface area contributed by atoms with Crippen LogP contribution in [0.1, 0.15) is 16.1 Å². The molecule has 88 valence electrons. The van der Waals surface area contributed by atoms with Gasteiger partial charge < -0.3 is 0 Å². The van der Waals surface area contributed by atoms with Gasteiger partial charge in [-0.3, -0.25) is 10.2 Å². The van der Waals surface area contributed by atoms with E-state index in [4.69, 9.17) is 17.4 Å². The van der Waals surface area contributed by atoms with Crippen LogP contribution in [0.2, 0.25) is 4.47 Å². The summed E-state index contributed by atoms with van der Waals surface area (Å²) in [5, 5.41) is 0. The van der Waals surface area contributed by atoms with Crippen LogP contribution >= 0.6 is 22.9 Å². The van der Waals surface area contributed by atoms with Gasteiger partial charge in [0.05, 0.1) is 4.88 Å². The van der Waals surface area contributed by atoms with Gasteiger partial charge in [0.15, 0.2) is 4.47 Å². The predicted molar refractivity (Wildman–Crippen MR) is 69.0 cm³/mol. The van der Waals surface area contributed by atoms with Gasteiger partial charge in [0.25, 0.3) is 5.91 Å². The maximum atomic E-state index is 11.5. The third-order valence-corrected chi connectivity index (χ3v) is 3.47. The van der Waals surface area contributed by atoms with Crippen molar-refractivity contribution in [3.8, 4) is 10.4 Å². The Hall–Kier alpha value is -1.43. The third-order valence-electron chi connectivity index (χ3n) is 2.26. The summed E-state index contributed by atoms with van der Waals surface area (Å²) >= 11 is 7.09. The van der Waals surface area contributed by atoms with E-state index in [0.717, 1.165) is 16.0 Å². The molecule has 0 radical (unpaired) electrons. The highest BCUT2D eigenvalue weighted by Gasteiger charge is 2.17. The first-order valence-electron chi connectivity index (χ1n) is 4.86. The number of nitrogens with two attached hydrogens (primary N) is 1. The predicted octanol–water partition coefficient (Wildman–Crippen LogP) is 2.38. The maximum Gasteiger partial charge on any atom is 0.285 e. The molecule has 1 heterocycles. The molecule has 0 aliphatic heterocycles. The van der Waals surface area contributed by atoms with E-state index in [1.54, 1.807) is 0 Å². The quantitative estimate of drug-likeness (QED) is 0.499. The molecule has 17 heavy (non-hydrogen) atoms.